The van der Waals surface area contributed by atoms with Gasteiger partial charge in [0.15, 0.2) is 5.57 Å². The summed E-state index contributed by atoms with van der Waals surface area (Å²) in [5, 5.41) is 15.2. The second-order valence-corrected chi connectivity index (χ2v) is 3.98. The van der Waals surface area contributed by atoms with Gasteiger partial charge in [0.1, 0.15) is 4.99 Å². The van der Waals surface area contributed by atoms with Crippen LogP contribution in [0.25, 0.3) is 0 Å². The van der Waals surface area contributed by atoms with Crippen LogP contribution in [0.2, 0.25) is 0 Å². The van der Waals surface area contributed by atoms with E-state index in [0.717, 1.165) is 0 Å². The van der Waals surface area contributed by atoms with Gasteiger partial charge in [-0.25, -0.2) is 0 Å². The number of anilines is 2. The fourth-order valence-electron chi connectivity index (χ4n) is 1.58. The number of ether oxygens (including phenoxy) is 1. The van der Waals surface area contributed by atoms with Crippen LogP contribution in [0.3, 0.4) is 0 Å². The zero-order valence-corrected chi connectivity index (χ0v) is 10.5. The largest absolute Gasteiger partial charge is 0.480 e. The third-order valence-corrected chi connectivity index (χ3v) is 2.68. The molecule has 0 saturated carbocycles. The lowest BCUT2D eigenvalue weighted by atomic mass is 10.2. The van der Waals surface area contributed by atoms with Gasteiger partial charge in [-0.3, -0.25) is 4.79 Å². The first kappa shape index (κ1) is 12.4. The Morgan fingerprint density at radius 1 is 1.33 bits per heavy atom. The molecule has 1 aliphatic heterocycles. The molecular weight excluding hydrogens is 252 g/mol. The number of para-hydroxylation sites is 2. The Hall–Kier alpha value is -2.08. The normalized spacial score (nSPS) is 17.2. The Labute approximate surface area is 109 Å². The summed E-state index contributed by atoms with van der Waals surface area (Å²) in [7, 11) is 0. The van der Waals surface area contributed by atoms with Crippen LogP contribution in [0, 0.1) is 0 Å². The van der Waals surface area contributed by atoms with Gasteiger partial charge in [-0.2, -0.15) is 0 Å². The van der Waals surface area contributed by atoms with Crippen LogP contribution in [0.5, 0.6) is 0 Å². The number of rotatable bonds is 2. The number of carbonyl (C=O) groups excluding carboxylic acids is 1. The Bertz CT molecular complexity index is 501. The van der Waals surface area contributed by atoms with Gasteiger partial charge < -0.3 is 20.5 Å². The van der Waals surface area contributed by atoms with Crippen LogP contribution in [0.4, 0.5) is 11.4 Å². The Morgan fingerprint density at radius 2 is 1.94 bits per heavy atom. The van der Waals surface area contributed by atoms with Gasteiger partial charge in [0, 0.05) is 0 Å². The van der Waals surface area contributed by atoms with Crippen molar-refractivity contribution < 1.29 is 14.6 Å². The average Bonchev–Trinajstić information content (AvgIpc) is 2.44. The van der Waals surface area contributed by atoms with E-state index in [1.54, 1.807) is 25.1 Å². The van der Waals surface area contributed by atoms with E-state index in [1.165, 1.54) is 0 Å². The molecule has 18 heavy (non-hydrogen) atoms. The molecule has 0 saturated heterocycles. The molecule has 0 aliphatic carbocycles. The highest BCUT2D eigenvalue weighted by Crippen LogP contribution is 2.26. The molecule has 94 valence electrons. The number of nitrogens with one attached hydrogen (secondary N) is 2. The topological polar surface area (TPSA) is 70.6 Å². The predicted octanol–water partition coefficient (Wildman–Crippen LogP) is 2.18. The number of carbonyl (C=O) groups is 1. The smallest absolute Gasteiger partial charge is 0.293 e. The average molecular weight is 264 g/mol. The van der Waals surface area contributed by atoms with Gasteiger partial charge in [-0.15, -0.1) is 0 Å². The summed E-state index contributed by atoms with van der Waals surface area (Å²) < 4.78 is 4.92. The van der Waals surface area contributed by atoms with Crippen LogP contribution in [0.15, 0.2) is 35.8 Å². The van der Waals surface area contributed by atoms with E-state index in [2.05, 4.69) is 10.6 Å². The number of thiocarbonyl (C=S) groups is 1. The molecule has 0 bridgehead atoms. The molecule has 3 N–H and O–H groups in total. The minimum Gasteiger partial charge on any atom is -0.480 e. The van der Waals surface area contributed by atoms with Crippen molar-refractivity contribution in [3.8, 4) is 0 Å². The Morgan fingerprint density at radius 3 is 2.56 bits per heavy atom. The molecule has 0 fully saturated rings. The summed E-state index contributed by atoms with van der Waals surface area (Å²) in [6, 6.07) is 7.13. The van der Waals surface area contributed by atoms with Gasteiger partial charge in [0.05, 0.1) is 18.0 Å². The third-order valence-electron chi connectivity index (χ3n) is 2.37. The van der Waals surface area contributed by atoms with Crippen molar-refractivity contribution >= 4 is 34.5 Å². The van der Waals surface area contributed by atoms with Crippen molar-refractivity contribution in [3.05, 3.63) is 35.8 Å². The van der Waals surface area contributed by atoms with Crippen molar-refractivity contribution in [1.29, 1.82) is 0 Å². The van der Waals surface area contributed by atoms with Gasteiger partial charge in [0.2, 0.25) is 0 Å². The van der Waals surface area contributed by atoms with Crippen molar-refractivity contribution in [3.63, 3.8) is 0 Å². The highest BCUT2D eigenvalue weighted by molar-refractivity contribution is 7.81. The highest BCUT2D eigenvalue weighted by atomic mass is 32.1. The number of amides is 1. The van der Waals surface area contributed by atoms with E-state index in [4.69, 9.17) is 17.0 Å². The summed E-state index contributed by atoms with van der Waals surface area (Å²) in [4.78, 5) is 12.1. The van der Waals surface area contributed by atoms with Crippen molar-refractivity contribution in [2.24, 2.45) is 0 Å². The maximum Gasteiger partial charge on any atom is 0.293 e. The summed E-state index contributed by atoms with van der Waals surface area (Å²) in [6.07, 6.45) is 0. The second-order valence-electron chi connectivity index (χ2n) is 3.57. The maximum absolute atomic E-state index is 12.0. The molecular formula is C12H12N2O3S. The van der Waals surface area contributed by atoms with E-state index >= 15 is 0 Å². The summed E-state index contributed by atoms with van der Waals surface area (Å²) in [6.45, 7) is 1.95. The molecule has 6 heteroatoms. The van der Waals surface area contributed by atoms with E-state index < -0.39 is 11.9 Å². The summed E-state index contributed by atoms with van der Waals surface area (Å²) in [5.74, 6) is -0.969. The van der Waals surface area contributed by atoms with Gasteiger partial charge in [0.25, 0.3) is 11.9 Å². The number of benzene rings is 1. The molecule has 0 unspecified atom stereocenters. The third kappa shape index (κ3) is 2.28. The lowest BCUT2D eigenvalue weighted by Crippen LogP contribution is -2.22. The van der Waals surface area contributed by atoms with Crippen molar-refractivity contribution in [1.82, 2.24) is 0 Å². The number of aliphatic hydroxyl groups excluding tert-OH is 1. The van der Waals surface area contributed by atoms with Crippen molar-refractivity contribution in [2.45, 2.75) is 6.92 Å². The maximum atomic E-state index is 12.0. The molecule has 0 atom stereocenters. The summed E-state index contributed by atoms with van der Waals surface area (Å²) in [5.41, 5.74) is 1.21. The lowest BCUT2D eigenvalue weighted by molar-refractivity contribution is -0.112. The zero-order chi connectivity index (χ0) is 13.1. The quantitative estimate of drug-likeness (QED) is 0.434. The van der Waals surface area contributed by atoms with E-state index in [1.807, 2.05) is 6.07 Å². The van der Waals surface area contributed by atoms with Gasteiger partial charge in [-0.05, 0) is 19.1 Å². The zero-order valence-electron chi connectivity index (χ0n) is 9.69. The molecule has 1 heterocycles. The standard InChI is InChI=1S/C12H12N2O3S/c1-2-17-12(16)9-10(15)13-7-5-3-4-6-8(7)14-11(9)18/h3-6,16H,2H2,1H3,(H,13,15)(H,14,18). The molecule has 1 aromatic carbocycles. The van der Waals surface area contributed by atoms with Crippen LogP contribution in [-0.2, 0) is 9.53 Å². The van der Waals surface area contributed by atoms with Gasteiger partial charge in [-0.1, -0.05) is 24.4 Å². The van der Waals surface area contributed by atoms with Crippen LogP contribution in [0.1, 0.15) is 6.92 Å². The summed E-state index contributed by atoms with van der Waals surface area (Å²) >= 11 is 5.09. The van der Waals surface area contributed by atoms with Crippen LogP contribution >= 0.6 is 12.2 Å². The fourth-order valence-corrected chi connectivity index (χ4v) is 1.87. The Balaban J connectivity index is 2.43. The minimum atomic E-state index is -0.497. The predicted molar refractivity (Wildman–Crippen MR) is 72.6 cm³/mol. The SMILES string of the molecule is CCOC(O)=C1C(=O)Nc2ccccc2NC1=S. The molecule has 0 aromatic heterocycles. The molecule has 1 aromatic rings. The number of fused-ring (bicyclic) bond motifs is 1. The molecule has 5 nitrogen and oxygen atoms in total. The molecule has 1 aliphatic rings. The molecule has 1 amide bonds. The molecule has 2 rings (SSSR count). The lowest BCUT2D eigenvalue weighted by Gasteiger charge is -2.08. The first-order valence-electron chi connectivity index (χ1n) is 5.41. The van der Waals surface area contributed by atoms with Crippen molar-refractivity contribution in [2.75, 3.05) is 17.2 Å². The first-order valence-corrected chi connectivity index (χ1v) is 5.82. The van der Waals surface area contributed by atoms with E-state index in [9.17, 15) is 9.90 Å². The van der Waals surface area contributed by atoms with Crippen LogP contribution < -0.4 is 10.6 Å². The number of hydrogen-bond donors (Lipinski definition) is 3. The molecule has 0 spiro atoms. The first-order chi connectivity index (χ1) is 8.63. The van der Waals surface area contributed by atoms with E-state index in [0.29, 0.717) is 11.4 Å². The van der Waals surface area contributed by atoms with E-state index in [-0.39, 0.29) is 17.2 Å². The number of hydrogen-bond acceptors (Lipinski definition) is 4. The second kappa shape index (κ2) is 5.05. The monoisotopic (exact) mass is 264 g/mol. The van der Waals surface area contributed by atoms with Crippen LogP contribution in [-0.4, -0.2) is 22.6 Å². The minimum absolute atomic E-state index is 0.0666. The highest BCUT2D eigenvalue weighted by Gasteiger charge is 2.26. The Kier molecular flexibility index (Phi) is 3.47. The fraction of sp³-hybridized carbons (Fsp3) is 0.167. The molecule has 0 radical (unpaired) electrons. The number of aliphatic hydroxyl groups is 1. The van der Waals surface area contributed by atoms with Gasteiger partial charge >= 0.3 is 0 Å².